The van der Waals surface area contributed by atoms with Gasteiger partial charge in [-0.1, -0.05) is 38.0 Å². The van der Waals surface area contributed by atoms with Gasteiger partial charge in [0.1, 0.15) is 0 Å². The molecule has 1 N–H and O–H groups in total. The van der Waals surface area contributed by atoms with Crippen molar-refractivity contribution in [3.8, 4) is 0 Å². The van der Waals surface area contributed by atoms with E-state index in [0.29, 0.717) is 35.3 Å². The summed E-state index contributed by atoms with van der Waals surface area (Å²) < 4.78 is 7.18. The van der Waals surface area contributed by atoms with Crippen molar-refractivity contribution >= 4 is 11.6 Å². The quantitative estimate of drug-likeness (QED) is 0.397. The highest BCUT2D eigenvalue weighted by atomic mass is 35.5. The highest BCUT2D eigenvalue weighted by molar-refractivity contribution is 6.18. The van der Waals surface area contributed by atoms with Crippen LogP contribution in [0.1, 0.15) is 79.1 Å². The first kappa shape index (κ1) is 23.1. The Morgan fingerprint density at radius 3 is 2.82 bits per heavy atom. The average molecular weight is 474 g/mol. The van der Waals surface area contributed by atoms with E-state index < -0.39 is 0 Å². The third-order valence-electron chi connectivity index (χ3n) is 11.5. The molecule has 0 radical (unpaired) electrons. The third-order valence-corrected chi connectivity index (χ3v) is 11.6. The van der Waals surface area contributed by atoms with E-state index in [9.17, 15) is 5.11 Å². The summed E-state index contributed by atoms with van der Waals surface area (Å²) >= 11 is 6.24. The highest BCUT2D eigenvalue weighted by Gasteiger charge is 2.61. The van der Waals surface area contributed by atoms with E-state index in [-0.39, 0.29) is 11.7 Å². The molecule has 4 fully saturated rings. The zero-order chi connectivity index (χ0) is 23.1. The SMILES string of the molecule is CC1=C2CC3C(CC=C4CC(O)CCC43C)[C@@H]2CCC12O[C@@H]1CC(C)CN(CCCl)C1[C@H]2C. The summed E-state index contributed by atoms with van der Waals surface area (Å²) in [7, 11) is 0. The standard InChI is InChI=1S/C29H44ClNO2/c1-17-13-26-27(31(16-17)12-11-30)19(3)29(33-26)10-8-22-23-6-5-20-14-21(32)7-9-28(20,4)25(23)15-24(22)18(29)2/h5,17,19,21-23,25-27,32H,6-16H2,1-4H3/t17?,19-,21?,22+,23?,25?,26-,27?,28?,29?/m1/s1. The number of hydrogen-bond acceptors (Lipinski definition) is 3. The minimum Gasteiger partial charge on any atom is -0.393 e. The average Bonchev–Trinajstić information content (AvgIpc) is 3.29. The molecular weight excluding hydrogens is 430 g/mol. The Morgan fingerprint density at radius 1 is 1.21 bits per heavy atom. The topological polar surface area (TPSA) is 32.7 Å². The van der Waals surface area contributed by atoms with Crippen molar-refractivity contribution in [3.63, 3.8) is 0 Å². The maximum absolute atomic E-state index is 10.3. The maximum Gasteiger partial charge on any atom is 0.0937 e. The molecular formula is C29H44ClNO2. The van der Waals surface area contributed by atoms with Gasteiger partial charge in [0.15, 0.2) is 0 Å². The number of hydrogen-bond donors (Lipinski definition) is 1. The van der Waals surface area contributed by atoms with Crippen molar-refractivity contribution in [2.75, 3.05) is 19.0 Å². The number of aliphatic hydroxyl groups is 1. The van der Waals surface area contributed by atoms with Crippen molar-refractivity contribution in [2.45, 2.75) is 103 Å². The van der Waals surface area contributed by atoms with Crippen LogP contribution in [0, 0.1) is 35.0 Å². The van der Waals surface area contributed by atoms with Gasteiger partial charge in [0.05, 0.1) is 17.8 Å². The number of allylic oxidation sites excluding steroid dienone is 2. The summed E-state index contributed by atoms with van der Waals surface area (Å²) in [6.45, 7) is 12.0. The van der Waals surface area contributed by atoms with Crippen LogP contribution in [-0.4, -0.2) is 52.8 Å². The smallest absolute Gasteiger partial charge is 0.0937 e. The summed E-state index contributed by atoms with van der Waals surface area (Å²) in [5, 5.41) is 10.3. The minimum absolute atomic E-state index is 0.0663. The minimum atomic E-state index is -0.122. The zero-order valence-electron chi connectivity index (χ0n) is 21.2. The van der Waals surface area contributed by atoms with Crippen LogP contribution in [0.5, 0.6) is 0 Å². The molecule has 2 aliphatic heterocycles. The van der Waals surface area contributed by atoms with Gasteiger partial charge in [-0.2, -0.15) is 0 Å². The molecule has 6 aliphatic rings. The Kier molecular flexibility index (Phi) is 5.65. The Hall–Kier alpha value is -0.350. The fourth-order valence-corrected chi connectivity index (χ4v) is 10.0. The fourth-order valence-electron chi connectivity index (χ4n) is 9.83. The van der Waals surface area contributed by atoms with Gasteiger partial charge in [-0.3, -0.25) is 4.90 Å². The van der Waals surface area contributed by atoms with Crippen molar-refractivity contribution in [3.05, 3.63) is 22.8 Å². The Balaban J connectivity index is 1.33. The van der Waals surface area contributed by atoms with E-state index in [0.717, 1.165) is 43.6 Å². The van der Waals surface area contributed by atoms with Gasteiger partial charge in [0, 0.05) is 30.9 Å². The van der Waals surface area contributed by atoms with Crippen LogP contribution in [0.25, 0.3) is 0 Å². The number of likely N-dealkylation sites (tertiary alicyclic amines) is 1. The molecule has 7 unspecified atom stereocenters. The van der Waals surface area contributed by atoms with Gasteiger partial charge in [0.2, 0.25) is 0 Å². The molecule has 0 aromatic carbocycles. The Labute approximate surface area is 206 Å². The van der Waals surface area contributed by atoms with Gasteiger partial charge in [-0.15, -0.1) is 11.6 Å². The number of ether oxygens (including phenoxy) is 1. The lowest BCUT2D eigenvalue weighted by molar-refractivity contribution is -0.0643. The summed E-state index contributed by atoms with van der Waals surface area (Å²) in [6, 6.07) is 0.515. The van der Waals surface area contributed by atoms with Crippen molar-refractivity contribution in [2.24, 2.45) is 35.0 Å². The van der Waals surface area contributed by atoms with Crippen LogP contribution in [-0.2, 0) is 4.74 Å². The number of fused-ring (bicyclic) bond motifs is 6. The van der Waals surface area contributed by atoms with Crippen LogP contribution < -0.4 is 0 Å². The molecule has 0 aromatic heterocycles. The first-order valence-electron chi connectivity index (χ1n) is 13.8. The highest BCUT2D eigenvalue weighted by Crippen LogP contribution is 2.65. The number of piperidine rings is 1. The molecule has 2 saturated carbocycles. The lowest BCUT2D eigenvalue weighted by Gasteiger charge is -2.49. The molecule has 6 rings (SSSR count). The van der Waals surface area contributed by atoms with Gasteiger partial charge >= 0.3 is 0 Å². The first-order chi connectivity index (χ1) is 15.8. The number of nitrogens with zero attached hydrogens (tertiary/aromatic N) is 1. The van der Waals surface area contributed by atoms with E-state index in [1.807, 2.05) is 0 Å². The number of alkyl halides is 1. The Bertz CT molecular complexity index is 868. The van der Waals surface area contributed by atoms with Gasteiger partial charge < -0.3 is 9.84 Å². The second-order valence-electron chi connectivity index (χ2n) is 12.9. The summed E-state index contributed by atoms with van der Waals surface area (Å²) in [4.78, 5) is 2.66. The molecule has 0 bridgehead atoms. The number of aliphatic hydroxyl groups excluding tert-OH is 1. The predicted octanol–water partition coefficient (Wildman–Crippen LogP) is 5.95. The molecule has 2 saturated heterocycles. The number of halogens is 1. The second-order valence-corrected chi connectivity index (χ2v) is 13.3. The van der Waals surface area contributed by atoms with Gasteiger partial charge in [-0.25, -0.2) is 0 Å². The molecule has 4 aliphatic carbocycles. The van der Waals surface area contributed by atoms with Crippen molar-refractivity contribution < 1.29 is 9.84 Å². The maximum atomic E-state index is 10.3. The molecule has 0 aromatic rings. The van der Waals surface area contributed by atoms with Crippen LogP contribution in [0.4, 0.5) is 0 Å². The Morgan fingerprint density at radius 2 is 2.03 bits per heavy atom. The third kappa shape index (κ3) is 3.24. The largest absolute Gasteiger partial charge is 0.393 e. The molecule has 4 heteroatoms. The summed E-state index contributed by atoms with van der Waals surface area (Å²) in [6.07, 6.45) is 12.0. The van der Waals surface area contributed by atoms with E-state index in [4.69, 9.17) is 16.3 Å². The van der Waals surface area contributed by atoms with Gasteiger partial charge in [-0.05, 0) is 93.0 Å². The van der Waals surface area contributed by atoms with Crippen LogP contribution in [0.3, 0.4) is 0 Å². The monoisotopic (exact) mass is 473 g/mol. The second kappa shape index (κ2) is 8.08. The van der Waals surface area contributed by atoms with E-state index >= 15 is 0 Å². The van der Waals surface area contributed by atoms with Gasteiger partial charge in [0.25, 0.3) is 0 Å². The zero-order valence-corrected chi connectivity index (χ0v) is 21.9. The molecule has 184 valence electrons. The van der Waals surface area contributed by atoms with Crippen molar-refractivity contribution in [1.82, 2.24) is 4.90 Å². The molecule has 0 amide bonds. The lowest BCUT2D eigenvalue weighted by Crippen LogP contribution is -2.52. The molecule has 10 atom stereocenters. The fraction of sp³-hybridized carbons (Fsp3) is 0.862. The normalized spacial score (nSPS) is 51.8. The lowest BCUT2D eigenvalue weighted by atomic mass is 9.56. The van der Waals surface area contributed by atoms with E-state index in [2.05, 4.69) is 38.7 Å². The van der Waals surface area contributed by atoms with E-state index in [1.54, 1.807) is 16.7 Å². The van der Waals surface area contributed by atoms with Crippen LogP contribution in [0.2, 0.25) is 0 Å². The van der Waals surface area contributed by atoms with Crippen LogP contribution in [0.15, 0.2) is 22.8 Å². The molecule has 1 spiro atoms. The van der Waals surface area contributed by atoms with Crippen molar-refractivity contribution in [1.29, 1.82) is 0 Å². The van der Waals surface area contributed by atoms with E-state index in [1.165, 1.54) is 38.6 Å². The van der Waals surface area contributed by atoms with Crippen LogP contribution >= 0.6 is 11.6 Å². The predicted molar refractivity (Wildman–Crippen MR) is 134 cm³/mol. The molecule has 33 heavy (non-hydrogen) atoms. The summed E-state index contributed by atoms with van der Waals surface area (Å²) in [5.41, 5.74) is 5.16. The molecule has 2 heterocycles. The first-order valence-corrected chi connectivity index (χ1v) is 14.4. The molecule has 3 nitrogen and oxygen atoms in total. The summed E-state index contributed by atoms with van der Waals surface area (Å²) in [5.74, 6) is 4.22. The number of rotatable bonds is 2.